The maximum atomic E-state index is 11.8. The second kappa shape index (κ2) is 5.88. The number of nitrogens with one attached hydrogen (secondary N) is 1. The predicted molar refractivity (Wildman–Crippen MR) is 77.1 cm³/mol. The van der Waals surface area contributed by atoms with Gasteiger partial charge in [0.05, 0.1) is 17.1 Å². The van der Waals surface area contributed by atoms with Gasteiger partial charge in [0.1, 0.15) is 6.54 Å². The van der Waals surface area contributed by atoms with Crippen molar-refractivity contribution in [2.45, 2.75) is 26.8 Å². The van der Waals surface area contributed by atoms with Crippen LogP contribution in [0.15, 0.2) is 17.5 Å². The van der Waals surface area contributed by atoms with Crippen molar-refractivity contribution in [2.24, 2.45) is 0 Å². The molecule has 0 saturated carbocycles. The summed E-state index contributed by atoms with van der Waals surface area (Å²) in [5.74, 6) is -0.0397. The normalized spacial score (nSPS) is 10.6. The smallest absolute Gasteiger partial charge is 0.241 e. The molecule has 102 valence electrons. The fraction of sp³-hybridized carbons (Fsp3) is 0.385. The first-order chi connectivity index (χ1) is 9.08. The Morgan fingerprint density at radius 3 is 2.89 bits per heavy atom. The van der Waals surface area contributed by atoms with Gasteiger partial charge in [-0.2, -0.15) is 5.10 Å². The van der Waals surface area contributed by atoms with Crippen molar-refractivity contribution < 1.29 is 4.79 Å². The van der Waals surface area contributed by atoms with E-state index in [9.17, 15) is 4.79 Å². The van der Waals surface area contributed by atoms with Gasteiger partial charge in [-0.1, -0.05) is 6.07 Å². The summed E-state index contributed by atoms with van der Waals surface area (Å²) in [5, 5.41) is 9.17. The van der Waals surface area contributed by atoms with Gasteiger partial charge >= 0.3 is 0 Å². The average molecular weight is 278 g/mol. The average Bonchev–Trinajstić information content (AvgIpc) is 2.96. The van der Waals surface area contributed by atoms with E-state index in [0.29, 0.717) is 12.2 Å². The molecule has 0 aliphatic carbocycles. The van der Waals surface area contributed by atoms with Crippen LogP contribution in [0.5, 0.6) is 0 Å². The molecule has 0 fully saturated rings. The highest BCUT2D eigenvalue weighted by Gasteiger charge is 2.10. The Kier molecular flexibility index (Phi) is 4.21. The lowest BCUT2D eigenvalue weighted by Gasteiger charge is -2.06. The van der Waals surface area contributed by atoms with Crippen LogP contribution in [-0.2, 0) is 17.8 Å². The molecule has 2 aromatic heterocycles. The Balaban J connectivity index is 1.82. The molecule has 0 aliphatic rings. The summed E-state index contributed by atoms with van der Waals surface area (Å²) >= 11 is 1.70. The van der Waals surface area contributed by atoms with Gasteiger partial charge in [-0.25, -0.2) is 0 Å². The van der Waals surface area contributed by atoms with Gasteiger partial charge < -0.3 is 11.1 Å². The van der Waals surface area contributed by atoms with E-state index in [2.05, 4.69) is 16.5 Å². The minimum absolute atomic E-state index is 0.0397. The lowest BCUT2D eigenvalue weighted by atomic mass is 10.3. The minimum atomic E-state index is -0.0397. The topological polar surface area (TPSA) is 72.9 Å². The van der Waals surface area contributed by atoms with Gasteiger partial charge in [0.25, 0.3) is 0 Å². The summed E-state index contributed by atoms with van der Waals surface area (Å²) < 4.78 is 1.64. The number of thiophene rings is 1. The van der Waals surface area contributed by atoms with Crippen LogP contribution < -0.4 is 11.1 Å². The number of aromatic nitrogens is 2. The highest BCUT2D eigenvalue weighted by molar-refractivity contribution is 7.09. The molecule has 2 rings (SSSR count). The molecule has 2 heterocycles. The Bertz CT molecular complexity index is 559. The van der Waals surface area contributed by atoms with Crippen LogP contribution in [0.1, 0.15) is 16.3 Å². The van der Waals surface area contributed by atoms with Gasteiger partial charge in [0.2, 0.25) is 5.91 Å². The summed E-state index contributed by atoms with van der Waals surface area (Å²) in [7, 11) is 0. The van der Waals surface area contributed by atoms with Crippen molar-refractivity contribution >= 4 is 22.9 Å². The number of nitrogen functional groups attached to an aromatic ring is 1. The molecule has 19 heavy (non-hydrogen) atoms. The Labute approximate surface area is 116 Å². The van der Waals surface area contributed by atoms with Gasteiger partial charge in [-0.05, 0) is 31.7 Å². The maximum Gasteiger partial charge on any atom is 0.241 e. The number of nitrogens with zero attached hydrogens (tertiary/aromatic N) is 2. The van der Waals surface area contributed by atoms with Gasteiger partial charge in [-0.3, -0.25) is 9.48 Å². The molecule has 0 aliphatic heterocycles. The monoisotopic (exact) mass is 278 g/mol. The number of carbonyl (C=O) groups is 1. The number of hydrogen-bond donors (Lipinski definition) is 2. The summed E-state index contributed by atoms with van der Waals surface area (Å²) in [6.45, 7) is 4.57. The largest absolute Gasteiger partial charge is 0.396 e. The zero-order valence-electron chi connectivity index (χ0n) is 11.1. The van der Waals surface area contributed by atoms with Crippen molar-refractivity contribution in [3.8, 4) is 0 Å². The van der Waals surface area contributed by atoms with E-state index in [1.54, 1.807) is 16.0 Å². The molecular formula is C13H18N4OS. The molecule has 0 saturated heterocycles. The third kappa shape index (κ3) is 3.35. The molecular weight excluding hydrogens is 260 g/mol. The third-order valence-electron chi connectivity index (χ3n) is 3.00. The lowest BCUT2D eigenvalue weighted by Crippen LogP contribution is -2.30. The van der Waals surface area contributed by atoms with Crippen LogP contribution in [0.3, 0.4) is 0 Å². The number of hydrogen-bond acceptors (Lipinski definition) is 4. The first-order valence-electron chi connectivity index (χ1n) is 6.16. The van der Waals surface area contributed by atoms with Crippen molar-refractivity contribution in [2.75, 3.05) is 12.3 Å². The van der Waals surface area contributed by atoms with Gasteiger partial charge in [0, 0.05) is 11.4 Å². The summed E-state index contributed by atoms with van der Waals surface area (Å²) in [6.07, 6.45) is 0.864. The molecule has 0 atom stereocenters. The third-order valence-corrected chi connectivity index (χ3v) is 3.94. The van der Waals surface area contributed by atoms with Crippen molar-refractivity contribution in [3.05, 3.63) is 33.8 Å². The predicted octanol–water partition coefficient (Wildman–Crippen LogP) is 1.50. The van der Waals surface area contributed by atoms with Crippen LogP contribution in [0.25, 0.3) is 0 Å². The van der Waals surface area contributed by atoms with E-state index < -0.39 is 0 Å². The molecule has 0 spiro atoms. The van der Waals surface area contributed by atoms with E-state index in [-0.39, 0.29) is 12.5 Å². The van der Waals surface area contributed by atoms with E-state index in [1.807, 2.05) is 25.3 Å². The lowest BCUT2D eigenvalue weighted by molar-refractivity contribution is -0.121. The molecule has 0 aromatic carbocycles. The molecule has 5 nitrogen and oxygen atoms in total. The standard InChI is InChI=1S/C13H18N4OS/c1-9-13(14)10(2)17(16-9)8-12(18)15-6-5-11-4-3-7-19-11/h3-4,7H,5-6,8,14H2,1-2H3,(H,15,18). The molecule has 1 amide bonds. The Hall–Kier alpha value is -1.82. The maximum absolute atomic E-state index is 11.8. The SMILES string of the molecule is Cc1nn(CC(=O)NCCc2cccs2)c(C)c1N. The highest BCUT2D eigenvalue weighted by Crippen LogP contribution is 2.14. The second-order valence-electron chi connectivity index (χ2n) is 4.42. The highest BCUT2D eigenvalue weighted by atomic mass is 32.1. The Morgan fingerprint density at radius 2 is 2.32 bits per heavy atom. The number of anilines is 1. The second-order valence-corrected chi connectivity index (χ2v) is 5.45. The number of aryl methyl sites for hydroxylation is 1. The van der Waals surface area contributed by atoms with Gasteiger partial charge in [0.15, 0.2) is 0 Å². The zero-order chi connectivity index (χ0) is 13.8. The quantitative estimate of drug-likeness (QED) is 0.870. The summed E-state index contributed by atoms with van der Waals surface area (Å²) in [4.78, 5) is 13.1. The van der Waals surface area contributed by atoms with Crippen molar-refractivity contribution in [1.82, 2.24) is 15.1 Å². The first-order valence-corrected chi connectivity index (χ1v) is 7.04. The number of amides is 1. The van der Waals surface area contributed by atoms with Crippen molar-refractivity contribution in [1.29, 1.82) is 0 Å². The van der Waals surface area contributed by atoms with E-state index in [0.717, 1.165) is 17.8 Å². The van der Waals surface area contributed by atoms with Crippen LogP contribution in [0.4, 0.5) is 5.69 Å². The molecule has 3 N–H and O–H groups in total. The first kappa shape index (κ1) is 13.6. The van der Waals surface area contributed by atoms with Crippen LogP contribution in [0.2, 0.25) is 0 Å². The van der Waals surface area contributed by atoms with Crippen LogP contribution in [0, 0.1) is 13.8 Å². The summed E-state index contributed by atoms with van der Waals surface area (Å²) in [5.41, 5.74) is 8.09. The molecule has 0 unspecified atom stereocenters. The number of rotatable bonds is 5. The van der Waals surface area contributed by atoms with E-state index in [1.165, 1.54) is 4.88 Å². The zero-order valence-corrected chi connectivity index (χ0v) is 12.0. The van der Waals surface area contributed by atoms with Gasteiger partial charge in [-0.15, -0.1) is 11.3 Å². The fourth-order valence-corrected chi connectivity index (χ4v) is 2.55. The van der Waals surface area contributed by atoms with Crippen LogP contribution >= 0.6 is 11.3 Å². The van der Waals surface area contributed by atoms with Crippen LogP contribution in [-0.4, -0.2) is 22.2 Å². The van der Waals surface area contributed by atoms with E-state index >= 15 is 0 Å². The number of nitrogens with two attached hydrogens (primary N) is 1. The number of carbonyl (C=O) groups excluding carboxylic acids is 1. The summed E-state index contributed by atoms with van der Waals surface area (Å²) in [6, 6.07) is 4.08. The minimum Gasteiger partial charge on any atom is -0.396 e. The fourth-order valence-electron chi connectivity index (χ4n) is 1.84. The van der Waals surface area contributed by atoms with E-state index in [4.69, 9.17) is 5.73 Å². The molecule has 6 heteroatoms. The Morgan fingerprint density at radius 1 is 1.53 bits per heavy atom. The van der Waals surface area contributed by atoms with Crippen molar-refractivity contribution in [3.63, 3.8) is 0 Å². The molecule has 2 aromatic rings. The molecule has 0 radical (unpaired) electrons. The molecule has 0 bridgehead atoms.